The quantitative estimate of drug-likeness (QED) is 0.543. The molecule has 0 radical (unpaired) electrons. The third kappa shape index (κ3) is 3.03. The van der Waals surface area contributed by atoms with Crippen LogP contribution in [-0.2, 0) is 0 Å². The zero-order valence-electron chi connectivity index (χ0n) is 13.0. The van der Waals surface area contributed by atoms with Gasteiger partial charge in [-0.2, -0.15) is 23.3 Å². The van der Waals surface area contributed by atoms with Crippen LogP contribution in [0.5, 0.6) is 0 Å². The van der Waals surface area contributed by atoms with Crippen molar-refractivity contribution in [2.75, 3.05) is 11.9 Å². The van der Waals surface area contributed by atoms with Crippen LogP contribution in [0.4, 0.5) is 23.5 Å². The van der Waals surface area contributed by atoms with E-state index >= 15 is 0 Å². The number of alkyl halides is 3. The molecule has 2 N–H and O–H groups in total. The number of rotatable bonds is 4. The minimum Gasteiger partial charge on any atom is -0.354 e. The van der Waals surface area contributed by atoms with Gasteiger partial charge in [0.1, 0.15) is 12.0 Å². The van der Waals surface area contributed by atoms with Gasteiger partial charge in [0, 0.05) is 41.6 Å². The van der Waals surface area contributed by atoms with Crippen molar-refractivity contribution in [3.8, 4) is 11.1 Å². The lowest BCUT2D eigenvalue weighted by Crippen LogP contribution is -2.15. The van der Waals surface area contributed by atoms with E-state index in [0.717, 1.165) is 0 Å². The normalized spacial score (nSPS) is 12.2. The van der Waals surface area contributed by atoms with Crippen LogP contribution >= 0.6 is 0 Å². The Bertz CT molecular complexity index is 1080. The first-order valence-electron chi connectivity index (χ1n) is 7.55. The van der Waals surface area contributed by atoms with E-state index in [9.17, 15) is 17.6 Å². The molecule has 0 saturated carbocycles. The van der Waals surface area contributed by atoms with Crippen LogP contribution < -0.4 is 5.32 Å². The summed E-state index contributed by atoms with van der Waals surface area (Å²) in [5, 5.41) is 7.05. The van der Waals surface area contributed by atoms with Gasteiger partial charge in [0.05, 0.1) is 6.42 Å². The summed E-state index contributed by atoms with van der Waals surface area (Å²) in [4.78, 5) is 14.9. The monoisotopic (exact) mass is 365 g/mol. The first-order chi connectivity index (χ1) is 12.4. The molecule has 0 aromatic carbocycles. The molecule has 0 bridgehead atoms. The SMILES string of the molecule is Fc1cc(-c2c[nH]c3nc(NCCC(F)(F)F)ncc23)cn2ncnc12. The fourth-order valence-corrected chi connectivity index (χ4v) is 2.58. The Morgan fingerprint density at radius 2 is 2.08 bits per heavy atom. The Hall–Kier alpha value is -3.24. The number of aromatic nitrogens is 6. The first kappa shape index (κ1) is 16.2. The van der Waals surface area contributed by atoms with Crippen LogP contribution in [0.1, 0.15) is 6.42 Å². The van der Waals surface area contributed by atoms with E-state index in [-0.39, 0.29) is 18.1 Å². The van der Waals surface area contributed by atoms with Crippen molar-refractivity contribution in [1.82, 2.24) is 29.5 Å². The van der Waals surface area contributed by atoms with Gasteiger partial charge in [0.2, 0.25) is 5.95 Å². The summed E-state index contributed by atoms with van der Waals surface area (Å²) in [6.07, 6.45) is 0.717. The van der Waals surface area contributed by atoms with Gasteiger partial charge in [-0.1, -0.05) is 0 Å². The smallest absolute Gasteiger partial charge is 0.354 e. The molecule has 0 amide bonds. The molecule has 0 aliphatic carbocycles. The highest BCUT2D eigenvalue weighted by Crippen LogP contribution is 2.29. The molecule has 0 aliphatic heterocycles. The van der Waals surface area contributed by atoms with Gasteiger partial charge in [-0.05, 0) is 6.07 Å². The topological polar surface area (TPSA) is 83.8 Å². The molecular formula is C15H11F4N7. The summed E-state index contributed by atoms with van der Waals surface area (Å²) < 4.78 is 52.0. The fraction of sp³-hybridized carbons (Fsp3) is 0.200. The average molecular weight is 365 g/mol. The Kier molecular flexibility index (Phi) is 3.71. The molecule has 0 atom stereocenters. The van der Waals surface area contributed by atoms with Gasteiger partial charge in [0.25, 0.3) is 0 Å². The van der Waals surface area contributed by atoms with Crippen LogP contribution in [0.15, 0.2) is 31.0 Å². The Morgan fingerprint density at radius 1 is 1.23 bits per heavy atom. The Balaban J connectivity index is 1.64. The number of aromatic amines is 1. The van der Waals surface area contributed by atoms with Crippen molar-refractivity contribution in [3.63, 3.8) is 0 Å². The number of hydrogen-bond donors (Lipinski definition) is 2. The maximum absolute atomic E-state index is 14.1. The number of pyridine rings is 1. The van der Waals surface area contributed by atoms with Gasteiger partial charge in [-0.25, -0.2) is 18.9 Å². The maximum Gasteiger partial charge on any atom is 0.390 e. The predicted octanol–water partition coefficient (Wildman–Crippen LogP) is 3.17. The summed E-state index contributed by atoms with van der Waals surface area (Å²) >= 11 is 0. The van der Waals surface area contributed by atoms with Crippen molar-refractivity contribution >= 4 is 22.6 Å². The fourth-order valence-electron chi connectivity index (χ4n) is 2.58. The molecule has 4 aromatic heterocycles. The second kappa shape index (κ2) is 5.93. The molecule has 0 saturated heterocycles. The molecule has 7 nitrogen and oxygen atoms in total. The largest absolute Gasteiger partial charge is 0.390 e. The van der Waals surface area contributed by atoms with Crippen LogP contribution in [0.3, 0.4) is 0 Å². The summed E-state index contributed by atoms with van der Waals surface area (Å²) in [6.45, 7) is -0.323. The van der Waals surface area contributed by atoms with Crippen LogP contribution in [-0.4, -0.2) is 42.3 Å². The molecule has 0 fully saturated rings. The predicted molar refractivity (Wildman–Crippen MR) is 85.0 cm³/mol. The van der Waals surface area contributed by atoms with Crippen molar-refractivity contribution in [2.24, 2.45) is 0 Å². The van der Waals surface area contributed by atoms with E-state index in [1.165, 1.54) is 23.1 Å². The second-order valence-corrected chi connectivity index (χ2v) is 5.56. The van der Waals surface area contributed by atoms with Crippen LogP contribution in [0.25, 0.3) is 27.8 Å². The summed E-state index contributed by atoms with van der Waals surface area (Å²) in [6, 6.07) is 1.32. The highest BCUT2D eigenvalue weighted by Gasteiger charge is 2.26. The number of anilines is 1. The summed E-state index contributed by atoms with van der Waals surface area (Å²) in [5.74, 6) is -0.450. The van der Waals surface area contributed by atoms with E-state index in [4.69, 9.17) is 0 Å². The summed E-state index contributed by atoms with van der Waals surface area (Å²) in [5.41, 5.74) is 1.70. The molecule has 0 unspecified atom stereocenters. The molecule has 11 heteroatoms. The van der Waals surface area contributed by atoms with Crippen molar-refractivity contribution < 1.29 is 17.6 Å². The van der Waals surface area contributed by atoms with Crippen LogP contribution in [0.2, 0.25) is 0 Å². The number of H-pyrrole nitrogens is 1. The number of nitrogens with zero attached hydrogens (tertiary/aromatic N) is 5. The molecule has 0 aliphatic rings. The van der Waals surface area contributed by atoms with Gasteiger partial charge in [-0.3, -0.25) is 0 Å². The summed E-state index contributed by atoms with van der Waals surface area (Å²) in [7, 11) is 0. The van der Waals surface area contributed by atoms with Crippen molar-refractivity contribution in [2.45, 2.75) is 12.6 Å². The van der Waals surface area contributed by atoms with Gasteiger partial charge in [-0.15, -0.1) is 0 Å². The van der Waals surface area contributed by atoms with Crippen molar-refractivity contribution in [1.29, 1.82) is 0 Å². The van der Waals surface area contributed by atoms with E-state index in [1.807, 2.05) is 0 Å². The third-order valence-electron chi connectivity index (χ3n) is 3.77. The first-order valence-corrected chi connectivity index (χ1v) is 7.55. The Labute approximate surface area is 143 Å². The molecule has 0 spiro atoms. The highest BCUT2D eigenvalue weighted by atomic mass is 19.4. The lowest BCUT2D eigenvalue weighted by molar-refractivity contribution is -0.131. The average Bonchev–Trinajstić information content (AvgIpc) is 3.19. The number of fused-ring (bicyclic) bond motifs is 2. The van der Waals surface area contributed by atoms with E-state index in [2.05, 4.69) is 30.4 Å². The number of nitrogens with one attached hydrogen (secondary N) is 2. The van der Waals surface area contributed by atoms with Crippen LogP contribution in [0, 0.1) is 5.82 Å². The maximum atomic E-state index is 14.1. The highest BCUT2D eigenvalue weighted by molar-refractivity contribution is 5.93. The minimum atomic E-state index is -4.25. The molecule has 134 valence electrons. The standard InChI is InChI=1S/C15H11F4N7/c16-11-3-8(6-26-13(11)23-7-24-26)9-4-21-12-10(9)5-22-14(25-12)20-2-1-15(17,18)19/h3-7H,1-2H2,(H2,20,21,22,25). The van der Waals surface area contributed by atoms with E-state index in [0.29, 0.717) is 22.2 Å². The molecule has 4 heterocycles. The number of halogens is 4. The minimum absolute atomic E-state index is 0.0769. The number of hydrogen-bond acceptors (Lipinski definition) is 5. The Morgan fingerprint density at radius 3 is 2.88 bits per heavy atom. The van der Waals surface area contributed by atoms with Crippen molar-refractivity contribution in [3.05, 3.63) is 36.8 Å². The molecule has 26 heavy (non-hydrogen) atoms. The molecular weight excluding hydrogens is 354 g/mol. The van der Waals surface area contributed by atoms with Gasteiger partial charge in [0.15, 0.2) is 11.5 Å². The molecule has 4 aromatic rings. The van der Waals surface area contributed by atoms with E-state index < -0.39 is 18.4 Å². The molecule has 4 rings (SSSR count). The zero-order chi connectivity index (χ0) is 18.3. The zero-order valence-corrected chi connectivity index (χ0v) is 13.0. The lowest BCUT2D eigenvalue weighted by Gasteiger charge is -2.07. The van der Waals surface area contributed by atoms with Gasteiger partial charge < -0.3 is 10.3 Å². The van der Waals surface area contributed by atoms with E-state index in [1.54, 1.807) is 12.4 Å². The lowest BCUT2D eigenvalue weighted by atomic mass is 10.1. The second-order valence-electron chi connectivity index (χ2n) is 5.56. The third-order valence-corrected chi connectivity index (χ3v) is 3.77. The van der Waals surface area contributed by atoms with Gasteiger partial charge >= 0.3 is 6.18 Å².